The van der Waals surface area contributed by atoms with Gasteiger partial charge in [0.2, 0.25) is 11.8 Å². The lowest BCUT2D eigenvalue weighted by Crippen LogP contribution is -2.61. The fourth-order valence-electron chi connectivity index (χ4n) is 3.92. The van der Waals surface area contributed by atoms with E-state index in [0.717, 1.165) is 11.1 Å². The van der Waals surface area contributed by atoms with Gasteiger partial charge in [0.1, 0.15) is 12.1 Å². The van der Waals surface area contributed by atoms with Crippen molar-refractivity contribution in [1.82, 2.24) is 15.7 Å². The maximum absolute atomic E-state index is 13.4. The Balaban J connectivity index is 1.82. The van der Waals surface area contributed by atoms with Crippen molar-refractivity contribution in [2.45, 2.75) is 39.0 Å². The van der Waals surface area contributed by atoms with Crippen LogP contribution in [0.15, 0.2) is 54.6 Å². The summed E-state index contributed by atoms with van der Waals surface area (Å²) in [5.74, 6) is -2.19. The average molecular weight is 499 g/mol. The van der Waals surface area contributed by atoms with Gasteiger partial charge in [0.25, 0.3) is 5.91 Å². The van der Waals surface area contributed by atoms with Crippen molar-refractivity contribution >= 4 is 23.4 Å². The third-order valence-corrected chi connectivity index (χ3v) is 6.01. The first-order chi connectivity index (χ1) is 17.1. The fraction of sp³-hybridized carbons (Fsp3) is 0.423. The molecule has 3 unspecified atom stereocenters. The van der Waals surface area contributed by atoms with Gasteiger partial charge in [0.15, 0.2) is 6.10 Å². The van der Waals surface area contributed by atoms with E-state index in [1.165, 1.54) is 5.48 Å². The Kier molecular flexibility index (Phi) is 9.03. The van der Waals surface area contributed by atoms with Crippen LogP contribution in [0.3, 0.4) is 0 Å². The number of carbonyl (C=O) groups is 3. The first-order valence-corrected chi connectivity index (χ1v) is 11.8. The second-order valence-corrected chi connectivity index (χ2v) is 9.73. The lowest BCUT2D eigenvalue weighted by Gasteiger charge is -2.37. The highest BCUT2D eigenvalue weighted by molar-refractivity contribution is 5.96. The molecule has 3 amide bonds. The molecule has 1 aliphatic heterocycles. The standard InChI is InChI=1S/C26H34N4O6/c1-26(2,3)22(25(34)30-13-15-36-16-14-30)28-23(32)20(21(31)24(33)29-35)27-19-11-9-18(10-12-19)17-7-5-4-6-8-17/h4-12,20-22,27,31,35H,13-16H2,1-3H3,(H,28,32)(H,29,33). The lowest BCUT2D eigenvalue weighted by molar-refractivity contribution is -0.145. The number of carbonyl (C=O) groups excluding carboxylic acids is 3. The summed E-state index contributed by atoms with van der Waals surface area (Å²) in [6.07, 6.45) is -1.93. The zero-order valence-corrected chi connectivity index (χ0v) is 20.7. The minimum atomic E-state index is -1.93. The van der Waals surface area contributed by atoms with E-state index in [4.69, 9.17) is 9.94 Å². The minimum Gasteiger partial charge on any atom is -0.380 e. The molecule has 36 heavy (non-hydrogen) atoms. The normalized spacial score (nSPS) is 16.4. The minimum absolute atomic E-state index is 0.272. The monoisotopic (exact) mass is 498 g/mol. The molecule has 1 heterocycles. The van der Waals surface area contributed by atoms with Gasteiger partial charge in [-0.3, -0.25) is 19.6 Å². The maximum atomic E-state index is 13.4. The molecule has 10 heteroatoms. The van der Waals surface area contributed by atoms with Crippen molar-refractivity contribution in [2.24, 2.45) is 5.41 Å². The number of aliphatic hydroxyl groups excluding tert-OH is 1. The molecule has 1 fully saturated rings. The van der Waals surface area contributed by atoms with Gasteiger partial charge in [0, 0.05) is 18.8 Å². The number of nitrogens with one attached hydrogen (secondary N) is 3. The van der Waals surface area contributed by atoms with E-state index >= 15 is 0 Å². The van der Waals surface area contributed by atoms with E-state index in [1.807, 2.05) is 63.2 Å². The van der Waals surface area contributed by atoms with Gasteiger partial charge in [0.05, 0.1) is 13.2 Å². The van der Waals surface area contributed by atoms with Gasteiger partial charge in [-0.2, -0.15) is 0 Å². The lowest BCUT2D eigenvalue weighted by atomic mass is 9.85. The number of ether oxygens (including phenoxy) is 1. The summed E-state index contributed by atoms with van der Waals surface area (Å²) in [6.45, 7) is 7.09. The molecule has 0 bridgehead atoms. The van der Waals surface area contributed by atoms with Gasteiger partial charge < -0.3 is 25.4 Å². The fourth-order valence-corrected chi connectivity index (χ4v) is 3.92. The van der Waals surface area contributed by atoms with E-state index in [2.05, 4.69) is 10.6 Å². The van der Waals surface area contributed by atoms with E-state index < -0.39 is 35.4 Å². The Hall–Kier alpha value is -3.47. The molecular weight excluding hydrogens is 464 g/mol. The summed E-state index contributed by atoms with van der Waals surface area (Å²) in [6, 6.07) is 14.4. The van der Waals surface area contributed by atoms with Crippen LogP contribution < -0.4 is 16.1 Å². The first kappa shape index (κ1) is 27.1. The molecule has 0 saturated carbocycles. The van der Waals surface area contributed by atoms with Crippen LogP contribution in [0.25, 0.3) is 11.1 Å². The summed E-state index contributed by atoms with van der Waals surface area (Å²) in [5.41, 5.74) is 3.14. The molecule has 0 spiro atoms. The highest BCUT2D eigenvalue weighted by Crippen LogP contribution is 2.24. The number of nitrogens with zero attached hydrogens (tertiary/aromatic N) is 1. The van der Waals surface area contributed by atoms with E-state index in [-0.39, 0.29) is 5.91 Å². The van der Waals surface area contributed by atoms with Gasteiger partial charge in [-0.15, -0.1) is 0 Å². The number of amides is 3. The molecule has 0 radical (unpaired) electrons. The predicted molar refractivity (Wildman–Crippen MR) is 134 cm³/mol. The molecule has 3 rings (SSSR count). The number of aliphatic hydroxyl groups is 1. The summed E-state index contributed by atoms with van der Waals surface area (Å²) < 4.78 is 5.32. The summed E-state index contributed by atoms with van der Waals surface area (Å²) in [5, 5.41) is 25.2. The highest BCUT2D eigenvalue weighted by Gasteiger charge is 2.40. The Morgan fingerprint density at radius 3 is 2.06 bits per heavy atom. The Morgan fingerprint density at radius 2 is 1.50 bits per heavy atom. The Morgan fingerprint density at radius 1 is 0.917 bits per heavy atom. The molecule has 0 aliphatic carbocycles. The second kappa shape index (κ2) is 12.0. The zero-order chi connectivity index (χ0) is 26.3. The number of hydroxylamine groups is 1. The van der Waals surface area contributed by atoms with Gasteiger partial charge in [-0.1, -0.05) is 63.2 Å². The molecule has 1 saturated heterocycles. The quantitative estimate of drug-likeness (QED) is 0.274. The molecule has 1 aliphatic rings. The van der Waals surface area contributed by atoms with E-state index in [0.29, 0.717) is 32.0 Å². The van der Waals surface area contributed by atoms with Crippen molar-refractivity contribution in [3.8, 4) is 11.1 Å². The van der Waals surface area contributed by atoms with Gasteiger partial charge >= 0.3 is 0 Å². The number of rotatable bonds is 8. The third-order valence-electron chi connectivity index (χ3n) is 6.01. The Labute approximate surface area is 210 Å². The van der Waals surface area contributed by atoms with Crippen LogP contribution in [0.2, 0.25) is 0 Å². The molecule has 3 atom stereocenters. The van der Waals surface area contributed by atoms with E-state index in [9.17, 15) is 19.5 Å². The molecular formula is C26H34N4O6. The smallest absolute Gasteiger partial charge is 0.274 e. The first-order valence-electron chi connectivity index (χ1n) is 11.8. The largest absolute Gasteiger partial charge is 0.380 e. The van der Waals surface area contributed by atoms with E-state index in [1.54, 1.807) is 17.0 Å². The van der Waals surface area contributed by atoms with Crippen LogP contribution >= 0.6 is 0 Å². The van der Waals surface area contributed by atoms with Crippen LogP contribution in [-0.2, 0) is 19.1 Å². The number of hydrogen-bond donors (Lipinski definition) is 5. The number of benzene rings is 2. The number of morpholine rings is 1. The van der Waals surface area contributed by atoms with Crippen molar-refractivity contribution in [3.05, 3.63) is 54.6 Å². The van der Waals surface area contributed by atoms with Crippen LogP contribution in [0.4, 0.5) is 5.69 Å². The summed E-state index contributed by atoms with van der Waals surface area (Å²) >= 11 is 0. The highest BCUT2D eigenvalue weighted by atomic mass is 16.5. The molecule has 2 aromatic rings. The van der Waals surface area contributed by atoms with Crippen molar-refractivity contribution in [3.63, 3.8) is 0 Å². The van der Waals surface area contributed by atoms with Crippen molar-refractivity contribution in [2.75, 3.05) is 31.6 Å². The van der Waals surface area contributed by atoms with Crippen LogP contribution in [0, 0.1) is 5.41 Å². The van der Waals surface area contributed by atoms with Gasteiger partial charge in [-0.25, -0.2) is 5.48 Å². The topological polar surface area (TPSA) is 140 Å². The van der Waals surface area contributed by atoms with Crippen molar-refractivity contribution in [1.29, 1.82) is 0 Å². The zero-order valence-electron chi connectivity index (χ0n) is 20.7. The number of anilines is 1. The summed E-state index contributed by atoms with van der Waals surface area (Å²) in [7, 11) is 0. The predicted octanol–water partition coefficient (Wildman–Crippen LogP) is 1.39. The summed E-state index contributed by atoms with van der Waals surface area (Å²) in [4.78, 5) is 40.3. The van der Waals surface area contributed by atoms with Crippen LogP contribution in [-0.4, -0.2) is 77.4 Å². The molecule has 194 valence electrons. The average Bonchev–Trinajstić information content (AvgIpc) is 2.89. The molecule has 0 aromatic heterocycles. The second-order valence-electron chi connectivity index (χ2n) is 9.73. The maximum Gasteiger partial charge on any atom is 0.274 e. The van der Waals surface area contributed by atoms with Crippen LogP contribution in [0.1, 0.15) is 20.8 Å². The molecule has 2 aromatic carbocycles. The SMILES string of the molecule is CC(C)(C)C(NC(=O)C(Nc1ccc(-c2ccccc2)cc1)C(O)C(=O)NO)C(=O)N1CCOCC1. The third kappa shape index (κ3) is 6.81. The Bertz CT molecular complexity index is 1030. The van der Waals surface area contributed by atoms with Gasteiger partial charge in [-0.05, 0) is 28.7 Å². The molecule has 10 nitrogen and oxygen atoms in total. The molecule has 5 N–H and O–H groups in total. The van der Waals surface area contributed by atoms with Crippen LogP contribution in [0.5, 0.6) is 0 Å². The van der Waals surface area contributed by atoms with Crippen molar-refractivity contribution < 1.29 is 29.4 Å². The number of hydrogen-bond acceptors (Lipinski definition) is 7.